The van der Waals surface area contributed by atoms with Crippen molar-refractivity contribution < 1.29 is 9.21 Å². The average molecular weight is 272 g/mol. The van der Waals surface area contributed by atoms with Crippen LogP contribution in [0.3, 0.4) is 0 Å². The van der Waals surface area contributed by atoms with Gasteiger partial charge in [-0.05, 0) is 31.9 Å². The number of hydrogen-bond acceptors (Lipinski definition) is 3. The fourth-order valence-electron chi connectivity index (χ4n) is 2.28. The van der Waals surface area contributed by atoms with E-state index < -0.39 is 0 Å². The molecule has 1 atom stereocenters. The molecule has 0 spiro atoms. The van der Waals surface area contributed by atoms with Crippen LogP contribution in [0.5, 0.6) is 0 Å². The maximum Gasteiger partial charge on any atom is 0.221 e. The minimum Gasteiger partial charge on any atom is -0.459 e. The Morgan fingerprint density at radius 1 is 1.40 bits per heavy atom. The van der Waals surface area contributed by atoms with E-state index in [1.54, 1.807) is 0 Å². The second kappa shape index (κ2) is 5.67. The zero-order chi connectivity index (χ0) is 13.9. The minimum atomic E-state index is -0.101. The molecule has 1 unspecified atom stereocenters. The first kappa shape index (κ1) is 13.2. The molecule has 1 aromatic carbocycles. The molecular weight excluding hydrogens is 252 g/mol. The van der Waals surface area contributed by atoms with E-state index in [-0.39, 0.29) is 11.9 Å². The SMILES string of the molecule is CC(NC(=O)CCNC1CC1)c1cc2ccccc2o1. The molecule has 3 rings (SSSR count). The molecule has 0 aliphatic heterocycles. The van der Waals surface area contributed by atoms with Gasteiger partial charge < -0.3 is 15.1 Å². The number of carbonyl (C=O) groups is 1. The van der Waals surface area contributed by atoms with Gasteiger partial charge in [0.15, 0.2) is 0 Å². The molecule has 1 amide bonds. The number of carbonyl (C=O) groups excluding carboxylic acids is 1. The maximum atomic E-state index is 11.9. The number of benzene rings is 1. The number of furan rings is 1. The van der Waals surface area contributed by atoms with Gasteiger partial charge in [0.1, 0.15) is 11.3 Å². The second-order valence-electron chi connectivity index (χ2n) is 5.45. The maximum absolute atomic E-state index is 11.9. The number of hydrogen-bond donors (Lipinski definition) is 2. The Kier molecular flexibility index (Phi) is 3.74. The van der Waals surface area contributed by atoms with Crippen molar-refractivity contribution in [1.82, 2.24) is 10.6 Å². The van der Waals surface area contributed by atoms with E-state index in [1.165, 1.54) is 12.8 Å². The first-order chi connectivity index (χ1) is 9.72. The number of fused-ring (bicyclic) bond motifs is 1. The number of para-hydroxylation sites is 1. The lowest BCUT2D eigenvalue weighted by molar-refractivity contribution is -0.121. The van der Waals surface area contributed by atoms with Gasteiger partial charge in [-0.3, -0.25) is 4.79 Å². The van der Waals surface area contributed by atoms with Crippen molar-refractivity contribution in [1.29, 1.82) is 0 Å². The predicted molar refractivity (Wildman–Crippen MR) is 78.4 cm³/mol. The summed E-state index contributed by atoms with van der Waals surface area (Å²) in [5.74, 6) is 0.862. The van der Waals surface area contributed by atoms with Gasteiger partial charge in [-0.1, -0.05) is 18.2 Å². The predicted octanol–water partition coefficient (Wildman–Crippen LogP) is 2.75. The van der Waals surface area contributed by atoms with Gasteiger partial charge in [0.2, 0.25) is 5.91 Å². The van der Waals surface area contributed by atoms with Crippen LogP contribution < -0.4 is 10.6 Å². The average Bonchev–Trinajstić information content (AvgIpc) is 3.15. The van der Waals surface area contributed by atoms with Crippen LogP contribution in [0.25, 0.3) is 11.0 Å². The van der Waals surface area contributed by atoms with E-state index in [1.807, 2.05) is 37.3 Å². The Labute approximate surface area is 118 Å². The Morgan fingerprint density at radius 2 is 2.20 bits per heavy atom. The summed E-state index contributed by atoms with van der Waals surface area (Å²) in [7, 11) is 0. The summed E-state index contributed by atoms with van der Waals surface area (Å²) in [6, 6.07) is 10.4. The van der Waals surface area contributed by atoms with Gasteiger partial charge in [-0.2, -0.15) is 0 Å². The highest BCUT2D eigenvalue weighted by Gasteiger charge is 2.20. The van der Waals surface area contributed by atoms with Crippen LogP contribution in [-0.2, 0) is 4.79 Å². The lowest BCUT2D eigenvalue weighted by Gasteiger charge is -2.11. The van der Waals surface area contributed by atoms with E-state index in [2.05, 4.69) is 10.6 Å². The first-order valence-electron chi connectivity index (χ1n) is 7.23. The zero-order valence-electron chi connectivity index (χ0n) is 11.7. The third kappa shape index (κ3) is 3.20. The topological polar surface area (TPSA) is 54.3 Å². The summed E-state index contributed by atoms with van der Waals surface area (Å²) in [5, 5.41) is 7.38. The molecule has 1 aliphatic carbocycles. The minimum absolute atomic E-state index is 0.0612. The van der Waals surface area contributed by atoms with Crippen LogP contribution in [0.15, 0.2) is 34.7 Å². The van der Waals surface area contributed by atoms with Gasteiger partial charge in [0.25, 0.3) is 0 Å². The monoisotopic (exact) mass is 272 g/mol. The molecule has 0 saturated heterocycles. The molecule has 106 valence electrons. The number of nitrogens with one attached hydrogen (secondary N) is 2. The van der Waals surface area contributed by atoms with Crippen LogP contribution in [-0.4, -0.2) is 18.5 Å². The van der Waals surface area contributed by atoms with E-state index in [0.717, 1.165) is 23.3 Å². The van der Waals surface area contributed by atoms with Crippen molar-refractivity contribution in [2.75, 3.05) is 6.54 Å². The summed E-state index contributed by atoms with van der Waals surface area (Å²) in [5.41, 5.74) is 0.860. The lowest BCUT2D eigenvalue weighted by Crippen LogP contribution is -2.30. The summed E-state index contributed by atoms with van der Waals surface area (Å²) >= 11 is 0. The number of rotatable bonds is 6. The second-order valence-corrected chi connectivity index (χ2v) is 5.45. The molecule has 2 aromatic rings. The standard InChI is InChI=1S/C16H20N2O2/c1-11(18-16(19)8-9-17-13-6-7-13)15-10-12-4-2-3-5-14(12)20-15/h2-5,10-11,13,17H,6-9H2,1H3,(H,18,19). The molecule has 0 radical (unpaired) electrons. The van der Waals surface area contributed by atoms with Crippen molar-refractivity contribution in [3.05, 3.63) is 36.1 Å². The first-order valence-corrected chi connectivity index (χ1v) is 7.23. The van der Waals surface area contributed by atoms with Gasteiger partial charge >= 0.3 is 0 Å². The molecule has 2 N–H and O–H groups in total. The smallest absolute Gasteiger partial charge is 0.221 e. The molecule has 4 heteroatoms. The summed E-state index contributed by atoms with van der Waals surface area (Å²) in [4.78, 5) is 11.9. The van der Waals surface area contributed by atoms with E-state index in [9.17, 15) is 4.79 Å². The van der Waals surface area contributed by atoms with E-state index in [0.29, 0.717) is 12.5 Å². The zero-order valence-corrected chi connectivity index (χ0v) is 11.7. The third-order valence-electron chi connectivity index (χ3n) is 3.61. The van der Waals surface area contributed by atoms with Gasteiger partial charge in [-0.25, -0.2) is 0 Å². The van der Waals surface area contributed by atoms with Crippen molar-refractivity contribution in [3.8, 4) is 0 Å². The van der Waals surface area contributed by atoms with Crippen molar-refractivity contribution in [2.45, 2.75) is 38.3 Å². The highest BCUT2D eigenvalue weighted by molar-refractivity contribution is 5.79. The molecule has 1 aliphatic rings. The molecule has 1 heterocycles. The largest absolute Gasteiger partial charge is 0.459 e. The summed E-state index contributed by atoms with van der Waals surface area (Å²) in [6.07, 6.45) is 3.01. The Balaban J connectivity index is 1.54. The van der Waals surface area contributed by atoms with E-state index in [4.69, 9.17) is 4.42 Å². The lowest BCUT2D eigenvalue weighted by atomic mass is 10.2. The normalized spacial score (nSPS) is 16.2. The molecule has 1 aromatic heterocycles. The highest BCUT2D eigenvalue weighted by Crippen LogP contribution is 2.23. The van der Waals surface area contributed by atoms with E-state index >= 15 is 0 Å². The van der Waals surface area contributed by atoms with Crippen molar-refractivity contribution >= 4 is 16.9 Å². The quantitative estimate of drug-likeness (QED) is 0.850. The molecule has 20 heavy (non-hydrogen) atoms. The fourth-order valence-corrected chi connectivity index (χ4v) is 2.28. The molecule has 4 nitrogen and oxygen atoms in total. The van der Waals surface area contributed by atoms with Crippen LogP contribution in [0.2, 0.25) is 0 Å². The number of amides is 1. The van der Waals surface area contributed by atoms with Crippen LogP contribution >= 0.6 is 0 Å². The highest BCUT2D eigenvalue weighted by atomic mass is 16.3. The Morgan fingerprint density at radius 3 is 2.95 bits per heavy atom. The van der Waals surface area contributed by atoms with Gasteiger partial charge in [-0.15, -0.1) is 0 Å². The Bertz CT molecular complexity index is 568. The van der Waals surface area contributed by atoms with Gasteiger partial charge in [0.05, 0.1) is 6.04 Å². The summed E-state index contributed by atoms with van der Waals surface area (Å²) < 4.78 is 5.75. The van der Waals surface area contributed by atoms with Crippen LogP contribution in [0, 0.1) is 0 Å². The molecular formula is C16H20N2O2. The molecule has 1 saturated carbocycles. The fraction of sp³-hybridized carbons (Fsp3) is 0.438. The summed E-state index contributed by atoms with van der Waals surface area (Å²) in [6.45, 7) is 2.70. The van der Waals surface area contributed by atoms with Crippen molar-refractivity contribution in [2.24, 2.45) is 0 Å². The molecule has 1 fully saturated rings. The third-order valence-corrected chi connectivity index (χ3v) is 3.61. The van der Waals surface area contributed by atoms with Crippen molar-refractivity contribution in [3.63, 3.8) is 0 Å². The van der Waals surface area contributed by atoms with Crippen LogP contribution in [0.1, 0.15) is 38.0 Å². The van der Waals surface area contributed by atoms with Crippen LogP contribution in [0.4, 0.5) is 0 Å². The van der Waals surface area contributed by atoms with Gasteiger partial charge in [0, 0.05) is 24.4 Å². The Hall–Kier alpha value is -1.81. The molecule has 0 bridgehead atoms.